The van der Waals surface area contributed by atoms with Gasteiger partial charge in [-0.05, 0) is 30.7 Å². The molecule has 15 heavy (non-hydrogen) atoms. The summed E-state index contributed by atoms with van der Waals surface area (Å²) in [5.41, 5.74) is 7.67. The van der Waals surface area contributed by atoms with Gasteiger partial charge < -0.3 is 10.3 Å². The van der Waals surface area contributed by atoms with Crippen molar-refractivity contribution in [2.45, 2.75) is 6.92 Å². The number of carbonyl (C=O) groups excluding carboxylic acids is 1. The first-order valence-corrected chi connectivity index (χ1v) is 4.73. The minimum atomic E-state index is -0.392. The van der Waals surface area contributed by atoms with E-state index in [1.165, 1.54) is 0 Å². The van der Waals surface area contributed by atoms with Crippen LogP contribution in [0.2, 0.25) is 0 Å². The number of aryl methyl sites for hydroxylation is 1. The summed E-state index contributed by atoms with van der Waals surface area (Å²) in [7, 11) is 0. The second-order valence-corrected chi connectivity index (χ2v) is 3.42. The average Bonchev–Trinajstić information content (AvgIpc) is 2.69. The van der Waals surface area contributed by atoms with Crippen molar-refractivity contribution in [1.29, 1.82) is 0 Å². The predicted octanol–water partition coefficient (Wildman–Crippen LogP) is 1.88. The molecule has 0 atom stereocenters. The van der Waals surface area contributed by atoms with E-state index in [0.29, 0.717) is 5.56 Å². The van der Waals surface area contributed by atoms with Crippen LogP contribution in [0.4, 0.5) is 0 Å². The van der Waals surface area contributed by atoms with Gasteiger partial charge in [0.05, 0.1) is 11.3 Å². The van der Waals surface area contributed by atoms with Gasteiger partial charge in [-0.15, -0.1) is 0 Å². The summed E-state index contributed by atoms with van der Waals surface area (Å²) in [5, 5.41) is 0. The van der Waals surface area contributed by atoms with Gasteiger partial charge in [0, 0.05) is 12.4 Å². The van der Waals surface area contributed by atoms with Crippen LogP contribution in [0.1, 0.15) is 15.9 Å². The first kappa shape index (κ1) is 9.52. The fourth-order valence-electron chi connectivity index (χ4n) is 1.68. The van der Waals surface area contributed by atoms with Crippen LogP contribution >= 0.6 is 0 Å². The monoisotopic (exact) mass is 200 g/mol. The molecule has 0 aliphatic heterocycles. The molecule has 0 aliphatic carbocycles. The SMILES string of the molecule is Cc1cccc(-n2cccc2)c1C(N)=O. The second kappa shape index (κ2) is 3.61. The summed E-state index contributed by atoms with van der Waals surface area (Å²) in [6, 6.07) is 9.50. The van der Waals surface area contributed by atoms with E-state index in [1.54, 1.807) is 0 Å². The first-order chi connectivity index (χ1) is 7.20. The Balaban J connectivity index is 2.66. The Labute approximate surface area is 88.1 Å². The highest BCUT2D eigenvalue weighted by Crippen LogP contribution is 2.17. The fourth-order valence-corrected chi connectivity index (χ4v) is 1.68. The van der Waals surface area contributed by atoms with Crippen molar-refractivity contribution in [2.24, 2.45) is 5.73 Å². The zero-order chi connectivity index (χ0) is 10.8. The van der Waals surface area contributed by atoms with E-state index in [1.807, 2.05) is 54.2 Å². The number of amides is 1. The van der Waals surface area contributed by atoms with Gasteiger partial charge in [0.1, 0.15) is 0 Å². The molecule has 1 aromatic heterocycles. The van der Waals surface area contributed by atoms with E-state index >= 15 is 0 Å². The highest BCUT2D eigenvalue weighted by molar-refractivity contribution is 5.98. The summed E-state index contributed by atoms with van der Waals surface area (Å²) in [6.07, 6.45) is 3.78. The summed E-state index contributed by atoms with van der Waals surface area (Å²) >= 11 is 0. The maximum atomic E-state index is 11.3. The standard InChI is InChI=1S/C12H12N2O/c1-9-5-4-6-10(11(9)12(13)15)14-7-2-3-8-14/h2-8H,1H3,(H2,13,15). The van der Waals surface area contributed by atoms with Crippen LogP contribution in [0, 0.1) is 6.92 Å². The number of primary amides is 1. The molecule has 1 aromatic carbocycles. The Morgan fingerprint density at radius 2 is 1.87 bits per heavy atom. The number of aromatic nitrogens is 1. The Morgan fingerprint density at radius 1 is 1.20 bits per heavy atom. The number of carbonyl (C=O) groups is 1. The molecule has 3 nitrogen and oxygen atoms in total. The Morgan fingerprint density at radius 3 is 2.47 bits per heavy atom. The molecular formula is C12H12N2O. The van der Waals surface area contributed by atoms with Crippen molar-refractivity contribution in [3.63, 3.8) is 0 Å². The van der Waals surface area contributed by atoms with E-state index < -0.39 is 5.91 Å². The van der Waals surface area contributed by atoms with Gasteiger partial charge in [-0.25, -0.2) is 0 Å². The third kappa shape index (κ3) is 1.64. The molecular weight excluding hydrogens is 188 g/mol. The largest absolute Gasteiger partial charge is 0.366 e. The third-order valence-corrected chi connectivity index (χ3v) is 2.38. The molecule has 3 heteroatoms. The minimum Gasteiger partial charge on any atom is -0.366 e. The third-order valence-electron chi connectivity index (χ3n) is 2.38. The molecule has 0 radical (unpaired) electrons. The molecule has 0 bridgehead atoms. The number of nitrogens with two attached hydrogens (primary N) is 1. The van der Waals surface area contributed by atoms with Crippen molar-refractivity contribution in [2.75, 3.05) is 0 Å². The number of hydrogen-bond donors (Lipinski definition) is 1. The van der Waals surface area contributed by atoms with Gasteiger partial charge in [-0.1, -0.05) is 12.1 Å². The normalized spacial score (nSPS) is 10.2. The van der Waals surface area contributed by atoms with Crippen molar-refractivity contribution >= 4 is 5.91 Å². The van der Waals surface area contributed by atoms with Gasteiger partial charge in [-0.2, -0.15) is 0 Å². The van der Waals surface area contributed by atoms with E-state index in [0.717, 1.165) is 11.3 Å². The van der Waals surface area contributed by atoms with Crippen molar-refractivity contribution in [3.8, 4) is 5.69 Å². The molecule has 0 saturated heterocycles. The Kier molecular flexibility index (Phi) is 2.29. The predicted molar refractivity (Wildman–Crippen MR) is 59.0 cm³/mol. The highest BCUT2D eigenvalue weighted by atomic mass is 16.1. The summed E-state index contributed by atoms with van der Waals surface area (Å²) in [5.74, 6) is -0.392. The first-order valence-electron chi connectivity index (χ1n) is 4.73. The Hall–Kier alpha value is -2.03. The molecule has 0 unspecified atom stereocenters. The van der Waals surface area contributed by atoms with Gasteiger partial charge in [0.25, 0.3) is 5.91 Å². The van der Waals surface area contributed by atoms with Crippen LogP contribution in [0.3, 0.4) is 0 Å². The van der Waals surface area contributed by atoms with Crippen LogP contribution in [-0.4, -0.2) is 10.5 Å². The molecule has 1 heterocycles. The molecule has 0 aliphatic rings. The molecule has 0 saturated carbocycles. The molecule has 76 valence electrons. The lowest BCUT2D eigenvalue weighted by Crippen LogP contribution is -2.15. The van der Waals surface area contributed by atoms with Gasteiger partial charge >= 0.3 is 0 Å². The summed E-state index contributed by atoms with van der Waals surface area (Å²) in [4.78, 5) is 11.3. The average molecular weight is 200 g/mol. The zero-order valence-corrected chi connectivity index (χ0v) is 8.47. The lowest BCUT2D eigenvalue weighted by atomic mass is 10.1. The van der Waals surface area contributed by atoms with Crippen LogP contribution in [0.5, 0.6) is 0 Å². The molecule has 0 spiro atoms. The van der Waals surface area contributed by atoms with Crippen molar-refractivity contribution < 1.29 is 4.79 Å². The zero-order valence-electron chi connectivity index (χ0n) is 8.47. The number of rotatable bonds is 2. The Bertz CT molecular complexity index is 486. The fraction of sp³-hybridized carbons (Fsp3) is 0.0833. The molecule has 2 aromatic rings. The van der Waals surface area contributed by atoms with Gasteiger partial charge in [0.15, 0.2) is 0 Å². The van der Waals surface area contributed by atoms with E-state index in [2.05, 4.69) is 0 Å². The smallest absolute Gasteiger partial charge is 0.251 e. The number of nitrogens with zero attached hydrogens (tertiary/aromatic N) is 1. The van der Waals surface area contributed by atoms with Crippen LogP contribution in [0.25, 0.3) is 5.69 Å². The topological polar surface area (TPSA) is 48.0 Å². The lowest BCUT2D eigenvalue weighted by molar-refractivity contribution is 0.0999. The molecule has 2 N–H and O–H groups in total. The molecule has 1 amide bonds. The maximum absolute atomic E-state index is 11.3. The minimum absolute atomic E-state index is 0.392. The van der Waals surface area contributed by atoms with E-state index in [-0.39, 0.29) is 0 Å². The second-order valence-electron chi connectivity index (χ2n) is 3.42. The number of hydrogen-bond acceptors (Lipinski definition) is 1. The van der Waals surface area contributed by atoms with E-state index in [9.17, 15) is 4.79 Å². The highest BCUT2D eigenvalue weighted by Gasteiger charge is 2.11. The van der Waals surface area contributed by atoms with Crippen LogP contribution in [0.15, 0.2) is 42.7 Å². The quantitative estimate of drug-likeness (QED) is 0.790. The van der Waals surface area contributed by atoms with Crippen molar-refractivity contribution in [3.05, 3.63) is 53.9 Å². The summed E-state index contributed by atoms with van der Waals surface area (Å²) < 4.78 is 1.88. The summed E-state index contributed by atoms with van der Waals surface area (Å²) in [6.45, 7) is 1.88. The number of benzene rings is 1. The molecule has 0 fully saturated rings. The van der Waals surface area contributed by atoms with Gasteiger partial charge in [0.2, 0.25) is 0 Å². The van der Waals surface area contributed by atoms with Gasteiger partial charge in [-0.3, -0.25) is 4.79 Å². The lowest BCUT2D eigenvalue weighted by Gasteiger charge is -2.10. The van der Waals surface area contributed by atoms with Crippen LogP contribution < -0.4 is 5.73 Å². The van der Waals surface area contributed by atoms with Crippen LogP contribution in [-0.2, 0) is 0 Å². The van der Waals surface area contributed by atoms with Crippen molar-refractivity contribution in [1.82, 2.24) is 4.57 Å². The molecule has 2 rings (SSSR count). The van der Waals surface area contributed by atoms with E-state index in [4.69, 9.17) is 5.73 Å². The maximum Gasteiger partial charge on any atom is 0.251 e.